The van der Waals surface area contributed by atoms with Gasteiger partial charge < -0.3 is 75.9 Å². The first-order chi connectivity index (χ1) is 67.0. The molecular formula is C91H107Cl5F6N14O18S8. The number of carbonyl (C=O) groups excluding carboxylic acids is 2. The van der Waals surface area contributed by atoms with E-state index in [0.29, 0.717) is 77.4 Å². The number of methoxy groups -OCH3 is 6. The highest BCUT2D eigenvalue weighted by atomic mass is 35.7. The first-order valence-electron chi connectivity index (χ1n) is 43.3. The summed E-state index contributed by atoms with van der Waals surface area (Å²) in [5.41, 5.74) is 13.5. The number of sulfonamides is 3. The van der Waals surface area contributed by atoms with Crippen molar-refractivity contribution < 1.29 is 107 Å². The fourth-order valence-electron chi connectivity index (χ4n) is 14.2. The van der Waals surface area contributed by atoms with Gasteiger partial charge in [0.05, 0.1) is 93.3 Å². The van der Waals surface area contributed by atoms with Gasteiger partial charge in [0.15, 0.2) is 20.5 Å². The van der Waals surface area contributed by atoms with Crippen LogP contribution in [0.25, 0.3) is 0 Å². The zero-order valence-corrected chi connectivity index (χ0v) is 88.9. The Morgan fingerprint density at radius 3 is 1.18 bits per heavy atom. The molecule has 4 heterocycles. The van der Waals surface area contributed by atoms with E-state index in [9.17, 15) is 65.2 Å². The molecule has 3 fully saturated rings. The molecule has 11 aromatic rings. The second-order valence-corrected chi connectivity index (χ2v) is 46.4. The zero-order chi connectivity index (χ0) is 104. The van der Waals surface area contributed by atoms with Gasteiger partial charge in [-0.25, -0.2) is 98.1 Å². The van der Waals surface area contributed by atoms with E-state index in [-0.39, 0.29) is 86.6 Å². The molecule has 4 aromatic heterocycles. The van der Waals surface area contributed by atoms with E-state index >= 15 is 4.39 Å². The van der Waals surface area contributed by atoms with Gasteiger partial charge in [0.1, 0.15) is 100 Å². The second kappa shape index (κ2) is 52.6. The number of nitrogens with two attached hydrogens (primary N) is 2. The van der Waals surface area contributed by atoms with Crippen LogP contribution in [0.15, 0.2) is 169 Å². The summed E-state index contributed by atoms with van der Waals surface area (Å²) in [6.45, 7) is 11.2. The summed E-state index contributed by atoms with van der Waals surface area (Å²) in [5.74, 6) is -3.06. The average Bonchev–Trinajstić information content (AvgIpc) is 1.57. The van der Waals surface area contributed by atoms with Gasteiger partial charge in [0, 0.05) is 141 Å². The fraction of sp³-hybridized carbons (Fsp3) is 0.385. The first-order valence-corrected chi connectivity index (χ1v) is 55.0. The lowest BCUT2D eigenvalue weighted by molar-refractivity contribution is 0.0475. The Bertz CT molecular complexity index is 6530. The highest BCUT2D eigenvalue weighted by Crippen LogP contribution is 2.41. The molecule has 14 rings (SSSR count). The molecule has 3 aliphatic rings. The molecule has 774 valence electrons. The van der Waals surface area contributed by atoms with E-state index in [4.69, 9.17) is 106 Å². The van der Waals surface area contributed by atoms with Crippen molar-refractivity contribution in [3.8, 4) is 34.5 Å². The maximum absolute atomic E-state index is 15.7. The Labute approximate surface area is 861 Å². The van der Waals surface area contributed by atoms with E-state index in [1.165, 1.54) is 47.0 Å². The first kappa shape index (κ1) is 116. The van der Waals surface area contributed by atoms with E-state index < -0.39 is 121 Å². The predicted octanol–water partition coefficient (Wildman–Crippen LogP) is 21.6. The van der Waals surface area contributed by atoms with Crippen LogP contribution in [0, 0.1) is 34.9 Å². The van der Waals surface area contributed by atoms with Crippen LogP contribution in [0.4, 0.5) is 67.8 Å². The van der Waals surface area contributed by atoms with Crippen molar-refractivity contribution in [3.05, 3.63) is 221 Å². The summed E-state index contributed by atoms with van der Waals surface area (Å²) in [7, 11) is -3.25. The molecule has 142 heavy (non-hydrogen) atoms. The van der Waals surface area contributed by atoms with Crippen molar-refractivity contribution in [2.24, 2.45) is 11.5 Å². The van der Waals surface area contributed by atoms with Crippen LogP contribution in [-0.2, 0) is 68.2 Å². The summed E-state index contributed by atoms with van der Waals surface area (Å²) in [5, 5.41) is 22.5. The second-order valence-electron chi connectivity index (χ2n) is 33.4. The predicted molar refractivity (Wildman–Crippen MR) is 543 cm³/mol. The number of alkyl carbamates (subject to hydrolysis) is 2. The smallest absolute Gasteiger partial charge is 0.407 e. The minimum atomic E-state index is -4.48. The third-order valence-corrected chi connectivity index (χ3v) is 31.8. The number of hydrogen-bond donors (Lipinski definition) is 8. The van der Waals surface area contributed by atoms with Gasteiger partial charge in [-0.2, -0.15) is 0 Å². The molecule has 0 aliphatic heterocycles. The Balaban J connectivity index is 0.000000200. The van der Waals surface area contributed by atoms with Crippen LogP contribution in [0.5, 0.6) is 34.5 Å². The quantitative estimate of drug-likeness (QED) is 0.0123. The summed E-state index contributed by atoms with van der Waals surface area (Å²) in [6.07, 6.45) is 16.5. The standard InChI is InChI=1S/C29H36ClFN4O6S2.C18H15ClF2N2O4S2.C15H18ClFN4O2S2.C12H14N2O2S.C11H22N2O2.C6H2Cl2F2O2S/c1-29(2,3)41-28(36)34-23-9-7-6-8-22(23)33-24-16-21(31)26(15-20(24)30)43(37,38)35(27-32-12-13-42-27)17-18-10-11-19(39-4)14-25(18)40-5;1-26-12-4-3-11(16(7-12)27-2)10-23(18-22-5-6-28-18)29(24,25)17-8-13(19)14(20)9-15(17)21;16-9-7-14(25(22,23)21-15-19-5-6-24-15)10(17)8-13(9)20-12-4-2-1-3-11(12)18;1-15-10-4-3-9(11(7-10)16-2)8-14-12-13-5-6-17-12;1-11(2,3)15-10(14)13-9-7-5-4-6-8(9)12;7-3-1-6(13(8,11)12)5(10)2-4(3)9/h10-16,22-23,33H,6-9,17H2,1-5H3,(H,34,36);3-9H,10H2,1-2H3;5-8,11-12,20H,1-4,18H2,(H,19,21);3-7H,8H2,1-2H3,(H,13,14);8-9H,4-7,12H2,1-3H3,(H,13,14);1-2H/t22-,23-;;11-,12-;;8-,9-;/m0.0.0./s1. The van der Waals surface area contributed by atoms with Crippen molar-refractivity contribution in [3.63, 3.8) is 0 Å². The molecule has 3 aliphatic carbocycles. The lowest BCUT2D eigenvalue weighted by Crippen LogP contribution is -2.50. The molecule has 0 spiro atoms. The Kier molecular flexibility index (Phi) is 42.8. The van der Waals surface area contributed by atoms with Gasteiger partial charge in [-0.3, -0.25) is 4.72 Å². The van der Waals surface area contributed by atoms with E-state index in [1.54, 1.807) is 105 Å². The molecule has 0 radical (unpaired) electrons. The fourth-order valence-corrected chi connectivity index (χ4v) is 23.2. The van der Waals surface area contributed by atoms with Crippen LogP contribution in [0.2, 0.25) is 20.1 Å². The summed E-state index contributed by atoms with van der Waals surface area (Å²) < 4.78 is 230. The number of thiazole rings is 4. The lowest BCUT2D eigenvalue weighted by Gasteiger charge is -2.34. The van der Waals surface area contributed by atoms with Gasteiger partial charge in [-0.15, -0.1) is 45.3 Å². The van der Waals surface area contributed by atoms with Crippen LogP contribution in [0.3, 0.4) is 0 Å². The largest absolute Gasteiger partial charge is 0.497 e. The number of nitrogens with one attached hydrogen (secondary N) is 6. The molecule has 0 bridgehead atoms. The number of anilines is 6. The number of carbonyl (C=O) groups is 2. The van der Waals surface area contributed by atoms with Crippen molar-refractivity contribution >= 4 is 186 Å². The molecule has 0 saturated heterocycles. The highest BCUT2D eigenvalue weighted by Gasteiger charge is 2.37. The molecule has 10 N–H and O–H groups in total. The van der Waals surface area contributed by atoms with E-state index in [0.717, 1.165) is 159 Å². The SMILES string of the molecule is CC(C)(C)OC(=O)N[C@H]1CCCC[C@@H]1N.COc1ccc(CN(c2nccs2)S(=O)(=O)c2cc(Cl)c(F)cc2F)c(OC)c1.COc1ccc(CN(c2nccs2)S(=O)(=O)c2cc(Cl)c(N[C@H]3CCCC[C@@H]3NC(=O)OC(C)(C)C)cc2F)c(OC)c1.COc1ccc(CNc2nccs2)c(OC)c1.N[C@H]1CCCC[C@@H]1Nc1cc(F)c(S(=O)(=O)Nc2nccs2)cc1Cl.O=S(=O)(Cl)c1cc(Cl)c(F)cc1F. The minimum Gasteiger partial charge on any atom is -0.497 e. The van der Waals surface area contributed by atoms with Crippen molar-refractivity contribution in [1.82, 2.24) is 30.6 Å². The van der Waals surface area contributed by atoms with Crippen molar-refractivity contribution in [2.75, 3.05) is 71.9 Å². The van der Waals surface area contributed by atoms with Crippen molar-refractivity contribution in [2.45, 2.75) is 205 Å². The number of benzene rings is 7. The Hall–Kier alpha value is -10.1. The number of aromatic nitrogens is 4. The lowest BCUT2D eigenvalue weighted by atomic mass is 9.90. The maximum Gasteiger partial charge on any atom is 0.407 e. The summed E-state index contributed by atoms with van der Waals surface area (Å²) in [4.78, 5) is 37.4. The van der Waals surface area contributed by atoms with Gasteiger partial charge in [0.25, 0.3) is 39.1 Å². The third kappa shape index (κ3) is 33.5. The number of rotatable bonds is 29. The number of hydrogen-bond acceptors (Lipinski definition) is 31. The molecule has 0 unspecified atom stereocenters. The summed E-state index contributed by atoms with van der Waals surface area (Å²) >= 11 is 28.5. The number of halogens is 11. The monoisotopic (exact) mass is 2230 g/mol. The minimum absolute atomic E-state index is 0.0125. The maximum atomic E-state index is 15.7. The van der Waals surface area contributed by atoms with Gasteiger partial charge in [-0.05, 0) is 153 Å². The normalized spacial score (nSPS) is 16.4. The molecule has 2 amide bonds. The molecule has 7 aromatic carbocycles. The van der Waals surface area contributed by atoms with Gasteiger partial charge in [0.2, 0.25) is 0 Å². The molecular weight excluding hydrogens is 2120 g/mol. The third-order valence-electron chi connectivity index (χ3n) is 21.1. The zero-order valence-electron chi connectivity index (χ0n) is 78.6. The Morgan fingerprint density at radius 1 is 0.415 bits per heavy atom. The van der Waals surface area contributed by atoms with Gasteiger partial charge in [-0.1, -0.05) is 84.9 Å². The average molecular weight is 2230 g/mol. The van der Waals surface area contributed by atoms with E-state index in [1.807, 2.05) is 44.4 Å². The van der Waals surface area contributed by atoms with Gasteiger partial charge >= 0.3 is 12.2 Å². The Morgan fingerprint density at radius 2 is 0.768 bits per heavy atom. The van der Waals surface area contributed by atoms with Crippen LogP contribution >= 0.6 is 102 Å². The molecule has 3 saturated carbocycles. The molecule has 6 atom stereocenters. The molecule has 51 heteroatoms. The number of amides is 2. The van der Waals surface area contributed by atoms with Crippen LogP contribution < -0.4 is 79.8 Å². The van der Waals surface area contributed by atoms with Crippen LogP contribution in [0.1, 0.15) is 135 Å². The van der Waals surface area contributed by atoms with Crippen molar-refractivity contribution in [1.29, 1.82) is 0 Å². The highest BCUT2D eigenvalue weighted by molar-refractivity contribution is 8.13. The summed E-state index contributed by atoms with van der Waals surface area (Å²) in [6, 6.07) is 21.7. The molecule has 32 nitrogen and oxygen atoms in total. The number of ether oxygens (including phenoxy) is 8. The van der Waals surface area contributed by atoms with E-state index in [2.05, 4.69) is 51.2 Å². The van der Waals surface area contributed by atoms with Crippen LogP contribution in [-0.4, -0.2) is 156 Å². The topological polar surface area (TPSA) is 427 Å². The number of nitrogens with zero attached hydrogens (tertiary/aromatic N) is 6.